The fourth-order valence-electron chi connectivity index (χ4n) is 1.87. The van der Waals surface area contributed by atoms with Gasteiger partial charge in [0.1, 0.15) is 16.8 Å². The van der Waals surface area contributed by atoms with E-state index in [0.717, 1.165) is 15.8 Å². The maximum Gasteiger partial charge on any atom is 0.135 e. The maximum absolute atomic E-state index is 9.32. The molecule has 0 aliphatic rings. The number of aromatic hydroxyl groups is 1. The molecule has 0 radical (unpaired) electrons. The molecule has 0 fully saturated rings. The largest absolute Gasteiger partial charge is 0.508 e. The average Bonchev–Trinajstić information content (AvgIpc) is 2.90. The topological polar surface area (TPSA) is 56.9 Å². The molecule has 1 heterocycles. The smallest absolute Gasteiger partial charge is 0.135 e. The lowest BCUT2D eigenvalue weighted by atomic mass is 10.1. The van der Waals surface area contributed by atoms with E-state index < -0.39 is 0 Å². The number of phenols is 1. The highest BCUT2D eigenvalue weighted by Crippen LogP contribution is 2.28. The zero-order chi connectivity index (χ0) is 13.9. The summed E-state index contributed by atoms with van der Waals surface area (Å²) < 4.78 is 1.06. The SMILES string of the molecule is N#C/C(=C/c1ccc(O)cc1)c1nc2ccccc2s1. The van der Waals surface area contributed by atoms with Gasteiger partial charge in [-0.05, 0) is 35.9 Å². The van der Waals surface area contributed by atoms with E-state index in [1.165, 1.54) is 11.3 Å². The van der Waals surface area contributed by atoms with Crippen molar-refractivity contribution in [1.82, 2.24) is 4.98 Å². The van der Waals surface area contributed by atoms with E-state index in [1.807, 2.05) is 24.3 Å². The number of benzene rings is 2. The van der Waals surface area contributed by atoms with Crippen LogP contribution in [0.5, 0.6) is 5.75 Å². The van der Waals surface area contributed by atoms with Crippen molar-refractivity contribution in [3.05, 3.63) is 59.1 Å². The zero-order valence-corrected chi connectivity index (χ0v) is 11.3. The predicted octanol–water partition coefficient (Wildman–Crippen LogP) is 4.07. The van der Waals surface area contributed by atoms with Crippen LogP contribution in [-0.4, -0.2) is 10.1 Å². The van der Waals surface area contributed by atoms with Gasteiger partial charge in [0.2, 0.25) is 0 Å². The molecule has 2 aromatic carbocycles. The lowest BCUT2D eigenvalue weighted by Crippen LogP contribution is -1.80. The number of nitrogens with zero attached hydrogens (tertiary/aromatic N) is 2. The van der Waals surface area contributed by atoms with E-state index in [-0.39, 0.29) is 5.75 Å². The second kappa shape index (κ2) is 5.16. The number of fused-ring (bicyclic) bond motifs is 1. The van der Waals surface area contributed by atoms with Crippen molar-refractivity contribution in [3.63, 3.8) is 0 Å². The fraction of sp³-hybridized carbons (Fsp3) is 0. The number of thiazole rings is 1. The molecular formula is C16H10N2OS. The molecule has 0 amide bonds. The summed E-state index contributed by atoms with van der Waals surface area (Å²) >= 11 is 1.50. The summed E-state index contributed by atoms with van der Waals surface area (Å²) in [4.78, 5) is 4.48. The van der Waals surface area contributed by atoms with Gasteiger partial charge in [0.05, 0.1) is 15.8 Å². The van der Waals surface area contributed by atoms with Crippen molar-refractivity contribution >= 4 is 33.2 Å². The second-order valence-electron chi connectivity index (χ2n) is 4.25. The van der Waals surface area contributed by atoms with Gasteiger partial charge in [-0.25, -0.2) is 4.98 Å². The van der Waals surface area contributed by atoms with Crippen LogP contribution in [0.25, 0.3) is 21.9 Å². The quantitative estimate of drug-likeness (QED) is 0.719. The number of para-hydroxylation sites is 1. The summed E-state index contributed by atoms with van der Waals surface area (Å²) in [5.74, 6) is 0.209. The number of hydrogen-bond acceptors (Lipinski definition) is 4. The van der Waals surface area contributed by atoms with Gasteiger partial charge in [-0.15, -0.1) is 11.3 Å². The Hall–Kier alpha value is -2.64. The molecule has 0 aliphatic carbocycles. The van der Waals surface area contributed by atoms with Crippen molar-refractivity contribution in [2.75, 3.05) is 0 Å². The minimum absolute atomic E-state index is 0.209. The molecule has 0 bridgehead atoms. The number of rotatable bonds is 2. The van der Waals surface area contributed by atoms with Gasteiger partial charge in [0, 0.05) is 0 Å². The summed E-state index contributed by atoms with van der Waals surface area (Å²) in [5.41, 5.74) is 2.29. The number of allylic oxidation sites excluding steroid dienone is 1. The number of hydrogen-bond donors (Lipinski definition) is 1. The first-order valence-electron chi connectivity index (χ1n) is 6.03. The highest BCUT2D eigenvalue weighted by atomic mass is 32.1. The summed E-state index contributed by atoms with van der Waals surface area (Å²) in [6, 6.07) is 16.7. The summed E-state index contributed by atoms with van der Waals surface area (Å²) in [6.07, 6.45) is 1.77. The molecule has 0 aliphatic heterocycles. The highest BCUT2D eigenvalue weighted by molar-refractivity contribution is 7.19. The molecule has 0 saturated carbocycles. The summed E-state index contributed by atoms with van der Waals surface area (Å²) in [7, 11) is 0. The van der Waals surface area contributed by atoms with E-state index in [4.69, 9.17) is 0 Å². The molecule has 1 N–H and O–H groups in total. The van der Waals surface area contributed by atoms with Crippen molar-refractivity contribution < 1.29 is 5.11 Å². The van der Waals surface area contributed by atoms with Crippen molar-refractivity contribution in [3.8, 4) is 11.8 Å². The van der Waals surface area contributed by atoms with E-state index >= 15 is 0 Å². The van der Waals surface area contributed by atoms with Gasteiger partial charge in [-0.2, -0.15) is 5.26 Å². The van der Waals surface area contributed by atoms with Crippen LogP contribution in [-0.2, 0) is 0 Å². The Labute approximate surface area is 120 Å². The molecule has 20 heavy (non-hydrogen) atoms. The predicted molar refractivity (Wildman–Crippen MR) is 81.2 cm³/mol. The van der Waals surface area contributed by atoms with Crippen LogP contribution < -0.4 is 0 Å². The highest BCUT2D eigenvalue weighted by Gasteiger charge is 2.08. The lowest BCUT2D eigenvalue weighted by molar-refractivity contribution is 0.475. The van der Waals surface area contributed by atoms with Crippen molar-refractivity contribution in [2.24, 2.45) is 0 Å². The molecular weight excluding hydrogens is 268 g/mol. The van der Waals surface area contributed by atoms with Crippen LogP contribution in [0, 0.1) is 11.3 Å². The minimum Gasteiger partial charge on any atom is -0.508 e. The molecule has 1 aromatic heterocycles. The standard InChI is InChI=1S/C16H10N2OS/c17-10-12(9-11-5-7-13(19)8-6-11)16-18-14-3-1-2-4-15(14)20-16/h1-9,19H/b12-9-. The number of nitriles is 1. The van der Waals surface area contributed by atoms with Crippen LogP contribution in [0.1, 0.15) is 10.6 Å². The van der Waals surface area contributed by atoms with Crippen LogP contribution in [0.3, 0.4) is 0 Å². The Morgan fingerprint density at radius 3 is 2.60 bits per heavy atom. The van der Waals surface area contributed by atoms with Gasteiger partial charge < -0.3 is 5.11 Å². The fourth-order valence-corrected chi connectivity index (χ4v) is 2.80. The third kappa shape index (κ3) is 2.40. The molecule has 0 unspecified atom stereocenters. The molecule has 96 valence electrons. The Bertz CT molecular complexity index is 793. The number of aromatic nitrogens is 1. The van der Waals surface area contributed by atoms with Gasteiger partial charge in [-0.1, -0.05) is 24.3 Å². The zero-order valence-electron chi connectivity index (χ0n) is 10.4. The van der Waals surface area contributed by atoms with Crippen LogP contribution in [0.15, 0.2) is 48.5 Å². The normalized spacial score (nSPS) is 11.4. The molecule has 0 saturated heterocycles. The molecule has 3 nitrogen and oxygen atoms in total. The van der Waals surface area contributed by atoms with Gasteiger partial charge in [0.25, 0.3) is 0 Å². The Balaban J connectivity index is 2.05. The Morgan fingerprint density at radius 1 is 1.15 bits per heavy atom. The molecule has 3 rings (SSSR count). The van der Waals surface area contributed by atoms with E-state index in [1.54, 1.807) is 30.3 Å². The lowest BCUT2D eigenvalue weighted by Gasteiger charge is -1.96. The van der Waals surface area contributed by atoms with Gasteiger partial charge in [-0.3, -0.25) is 0 Å². The van der Waals surface area contributed by atoms with E-state index in [2.05, 4.69) is 11.1 Å². The first-order valence-corrected chi connectivity index (χ1v) is 6.85. The summed E-state index contributed by atoms with van der Waals surface area (Å²) in [5, 5.41) is 19.3. The average molecular weight is 278 g/mol. The van der Waals surface area contributed by atoms with E-state index in [0.29, 0.717) is 10.6 Å². The van der Waals surface area contributed by atoms with Crippen LogP contribution in [0.4, 0.5) is 0 Å². The summed E-state index contributed by atoms with van der Waals surface area (Å²) in [6.45, 7) is 0. The molecule has 0 spiro atoms. The van der Waals surface area contributed by atoms with E-state index in [9.17, 15) is 10.4 Å². The van der Waals surface area contributed by atoms with Gasteiger partial charge >= 0.3 is 0 Å². The first-order chi connectivity index (χ1) is 9.76. The van der Waals surface area contributed by atoms with Crippen molar-refractivity contribution in [1.29, 1.82) is 5.26 Å². The van der Waals surface area contributed by atoms with Crippen LogP contribution >= 0.6 is 11.3 Å². The Morgan fingerprint density at radius 2 is 1.90 bits per heavy atom. The second-order valence-corrected chi connectivity index (χ2v) is 5.28. The molecule has 3 aromatic rings. The minimum atomic E-state index is 0.209. The first kappa shape index (κ1) is 12.4. The van der Waals surface area contributed by atoms with Crippen molar-refractivity contribution in [2.45, 2.75) is 0 Å². The molecule has 0 atom stereocenters. The number of phenolic OH excluding ortho intramolecular Hbond substituents is 1. The van der Waals surface area contributed by atoms with Crippen LogP contribution in [0.2, 0.25) is 0 Å². The monoisotopic (exact) mass is 278 g/mol. The maximum atomic E-state index is 9.32. The third-order valence-electron chi connectivity index (χ3n) is 2.85. The molecule has 4 heteroatoms. The third-order valence-corrected chi connectivity index (χ3v) is 3.92. The Kier molecular flexibility index (Phi) is 3.20. The van der Waals surface area contributed by atoms with Gasteiger partial charge in [0.15, 0.2) is 0 Å².